The van der Waals surface area contributed by atoms with Crippen LogP contribution in [0.15, 0.2) is 30.7 Å². The van der Waals surface area contributed by atoms with Gasteiger partial charge in [0.15, 0.2) is 0 Å². The van der Waals surface area contributed by atoms with Crippen molar-refractivity contribution in [2.24, 2.45) is 0 Å². The maximum absolute atomic E-state index is 11.5. The topological polar surface area (TPSA) is 57.8 Å². The van der Waals surface area contributed by atoms with Gasteiger partial charge in [-0.3, -0.25) is 0 Å². The molecular formula is C15H21N3O2. The molecule has 0 aliphatic heterocycles. The number of aromatic nitrogens is 2. The number of hydrogen-bond donors (Lipinski definition) is 1. The fourth-order valence-corrected chi connectivity index (χ4v) is 2.71. The molecule has 0 radical (unpaired) electrons. The number of pyridine rings is 1. The van der Waals surface area contributed by atoms with Crippen LogP contribution >= 0.6 is 0 Å². The fourth-order valence-electron chi connectivity index (χ4n) is 2.71. The van der Waals surface area contributed by atoms with Gasteiger partial charge in [0.25, 0.3) is 0 Å². The molecule has 2 aromatic heterocycles. The first-order valence-corrected chi connectivity index (χ1v) is 6.73. The molecule has 5 heteroatoms. The first-order chi connectivity index (χ1) is 9.30. The van der Waals surface area contributed by atoms with E-state index in [4.69, 9.17) is 0 Å². The lowest BCUT2D eigenvalue weighted by atomic mass is 10.00. The van der Waals surface area contributed by atoms with Gasteiger partial charge in [-0.15, -0.1) is 0 Å². The van der Waals surface area contributed by atoms with E-state index in [0.717, 1.165) is 11.2 Å². The summed E-state index contributed by atoms with van der Waals surface area (Å²) in [7, 11) is 0. The molecule has 0 spiro atoms. The molecule has 1 amide bonds. The summed E-state index contributed by atoms with van der Waals surface area (Å²) in [6.45, 7) is 7.67. The summed E-state index contributed by atoms with van der Waals surface area (Å²) in [5, 5.41) is 9.44. The van der Waals surface area contributed by atoms with Gasteiger partial charge in [-0.05, 0) is 45.7 Å². The van der Waals surface area contributed by atoms with Gasteiger partial charge in [0.1, 0.15) is 5.65 Å². The predicted molar refractivity (Wildman–Crippen MR) is 78.0 cm³/mol. The number of rotatable bonds is 3. The molecular weight excluding hydrogens is 254 g/mol. The summed E-state index contributed by atoms with van der Waals surface area (Å²) < 4.78 is 1.95. The van der Waals surface area contributed by atoms with E-state index in [1.54, 1.807) is 6.20 Å². The lowest BCUT2D eigenvalue weighted by molar-refractivity contribution is 0.0756. The Hall–Kier alpha value is -2.04. The van der Waals surface area contributed by atoms with Gasteiger partial charge in [-0.1, -0.05) is 6.07 Å². The molecule has 1 atom stereocenters. The number of nitrogens with zero attached hydrogens (tertiary/aromatic N) is 3. The molecule has 0 aliphatic rings. The summed E-state index contributed by atoms with van der Waals surface area (Å²) >= 11 is 0. The first kappa shape index (κ1) is 14.4. The smallest absolute Gasteiger partial charge is 0.407 e. The number of amides is 1. The molecule has 0 aliphatic carbocycles. The van der Waals surface area contributed by atoms with E-state index in [-0.39, 0.29) is 6.04 Å². The van der Waals surface area contributed by atoms with Crippen molar-refractivity contribution in [2.45, 2.75) is 45.7 Å². The van der Waals surface area contributed by atoms with Crippen molar-refractivity contribution in [3.8, 4) is 0 Å². The standard InChI is InChI=1S/C15H21N3O2/c1-11(18(14(19)20)15(2,3)4)10-12-6-5-8-17-9-7-16-13(12)17/h5-9,11H,10H2,1-4H3,(H,19,20). The summed E-state index contributed by atoms with van der Waals surface area (Å²) in [6, 6.07) is 3.84. The van der Waals surface area contributed by atoms with Crippen molar-refractivity contribution in [2.75, 3.05) is 0 Å². The van der Waals surface area contributed by atoms with Gasteiger partial charge < -0.3 is 14.4 Å². The quantitative estimate of drug-likeness (QED) is 0.936. The zero-order valence-corrected chi connectivity index (χ0v) is 12.4. The van der Waals surface area contributed by atoms with Crippen LogP contribution in [0.3, 0.4) is 0 Å². The fraction of sp³-hybridized carbons (Fsp3) is 0.467. The zero-order chi connectivity index (χ0) is 14.9. The Morgan fingerprint density at radius 3 is 2.75 bits per heavy atom. The largest absolute Gasteiger partial charge is 0.465 e. The van der Waals surface area contributed by atoms with E-state index < -0.39 is 11.6 Å². The van der Waals surface area contributed by atoms with Crippen LogP contribution in [0.1, 0.15) is 33.3 Å². The van der Waals surface area contributed by atoms with Crippen LogP contribution in [0.2, 0.25) is 0 Å². The highest BCUT2D eigenvalue weighted by molar-refractivity contribution is 5.66. The van der Waals surface area contributed by atoms with Crippen molar-refractivity contribution in [1.82, 2.24) is 14.3 Å². The number of imidazole rings is 1. The van der Waals surface area contributed by atoms with Gasteiger partial charge in [-0.25, -0.2) is 9.78 Å². The lowest BCUT2D eigenvalue weighted by Gasteiger charge is -2.38. The van der Waals surface area contributed by atoms with E-state index in [2.05, 4.69) is 4.98 Å². The third-order valence-electron chi connectivity index (χ3n) is 3.38. The molecule has 0 bridgehead atoms. The second kappa shape index (κ2) is 5.15. The van der Waals surface area contributed by atoms with E-state index in [1.165, 1.54) is 4.90 Å². The van der Waals surface area contributed by atoms with Crippen LogP contribution < -0.4 is 0 Å². The Morgan fingerprint density at radius 2 is 2.15 bits per heavy atom. The molecule has 2 heterocycles. The number of hydrogen-bond acceptors (Lipinski definition) is 2. The molecule has 0 fully saturated rings. The van der Waals surface area contributed by atoms with Crippen molar-refractivity contribution in [1.29, 1.82) is 0 Å². The van der Waals surface area contributed by atoms with Gasteiger partial charge >= 0.3 is 6.09 Å². The third kappa shape index (κ3) is 2.76. The molecule has 0 aromatic carbocycles. The molecule has 2 aromatic rings. The Labute approximate surface area is 118 Å². The predicted octanol–water partition coefficient (Wildman–Crippen LogP) is 3.04. The van der Waals surface area contributed by atoms with Crippen LogP contribution in [-0.2, 0) is 6.42 Å². The minimum atomic E-state index is -0.889. The molecule has 108 valence electrons. The number of fused-ring (bicyclic) bond motifs is 1. The van der Waals surface area contributed by atoms with Crippen LogP contribution in [-0.4, -0.2) is 37.1 Å². The molecule has 0 saturated carbocycles. The van der Waals surface area contributed by atoms with Gasteiger partial charge in [0.2, 0.25) is 0 Å². The maximum atomic E-state index is 11.5. The van der Waals surface area contributed by atoms with Crippen LogP contribution in [0.25, 0.3) is 5.65 Å². The number of carboxylic acid groups (broad SMARTS) is 1. The van der Waals surface area contributed by atoms with Gasteiger partial charge in [0, 0.05) is 30.2 Å². The van der Waals surface area contributed by atoms with Crippen LogP contribution in [0.4, 0.5) is 4.79 Å². The van der Waals surface area contributed by atoms with Crippen molar-refractivity contribution in [3.05, 3.63) is 36.3 Å². The summed E-state index contributed by atoms with van der Waals surface area (Å²) in [6.07, 6.45) is 5.34. The Bertz CT molecular complexity index is 613. The van der Waals surface area contributed by atoms with Crippen molar-refractivity contribution in [3.63, 3.8) is 0 Å². The highest BCUT2D eigenvalue weighted by Gasteiger charge is 2.31. The van der Waals surface area contributed by atoms with Crippen LogP contribution in [0.5, 0.6) is 0 Å². The van der Waals surface area contributed by atoms with Crippen molar-refractivity contribution < 1.29 is 9.90 Å². The highest BCUT2D eigenvalue weighted by atomic mass is 16.4. The third-order valence-corrected chi connectivity index (χ3v) is 3.38. The molecule has 5 nitrogen and oxygen atoms in total. The van der Waals surface area contributed by atoms with Crippen LogP contribution in [0, 0.1) is 0 Å². The molecule has 20 heavy (non-hydrogen) atoms. The van der Waals surface area contributed by atoms with Crippen molar-refractivity contribution >= 4 is 11.7 Å². The SMILES string of the molecule is CC(Cc1cccn2ccnc12)N(C(=O)O)C(C)(C)C. The molecule has 2 rings (SSSR count). The van der Waals surface area contributed by atoms with E-state index in [1.807, 2.05) is 56.6 Å². The Morgan fingerprint density at radius 1 is 1.45 bits per heavy atom. The second-order valence-electron chi connectivity index (χ2n) is 6.07. The lowest BCUT2D eigenvalue weighted by Crippen LogP contribution is -2.50. The Balaban J connectivity index is 2.28. The average Bonchev–Trinajstić information content (AvgIpc) is 2.75. The summed E-state index contributed by atoms with van der Waals surface area (Å²) in [5.74, 6) is 0. The second-order valence-corrected chi connectivity index (χ2v) is 6.07. The monoisotopic (exact) mass is 275 g/mol. The normalized spacial score (nSPS) is 13.4. The minimum Gasteiger partial charge on any atom is -0.465 e. The molecule has 1 unspecified atom stereocenters. The van der Waals surface area contributed by atoms with Gasteiger partial charge in [-0.2, -0.15) is 0 Å². The maximum Gasteiger partial charge on any atom is 0.407 e. The van der Waals surface area contributed by atoms with E-state index in [0.29, 0.717) is 6.42 Å². The minimum absolute atomic E-state index is 0.115. The Kier molecular flexibility index (Phi) is 3.70. The molecule has 1 N–H and O–H groups in total. The van der Waals surface area contributed by atoms with E-state index in [9.17, 15) is 9.90 Å². The average molecular weight is 275 g/mol. The summed E-state index contributed by atoms with van der Waals surface area (Å²) in [5.41, 5.74) is 1.52. The summed E-state index contributed by atoms with van der Waals surface area (Å²) in [4.78, 5) is 17.3. The van der Waals surface area contributed by atoms with E-state index >= 15 is 0 Å². The first-order valence-electron chi connectivity index (χ1n) is 6.73. The van der Waals surface area contributed by atoms with Gasteiger partial charge in [0.05, 0.1) is 0 Å². The zero-order valence-electron chi connectivity index (χ0n) is 12.4. The molecule has 0 saturated heterocycles. The number of carbonyl (C=O) groups is 1. The highest BCUT2D eigenvalue weighted by Crippen LogP contribution is 2.21.